The molecule has 23 heavy (non-hydrogen) atoms. The smallest absolute Gasteiger partial charge is 0.239 e. The molecule has 2 aromatic carbocycles. The number of oxazole rings is 1. The number of aromatic nitrogens is 1. The van der Waals surface area contributed by atoms with Crippen molar-refractivity contribution in [3.63, 3.8) is 0 Å². The maximum absolute atomic E-state index is 11.2. The van der Waals surface area contributed by atoms with Gasteiger partial charge >= 0.3 is 0 Å². The highest BCUT2D eigenvalue weighted by molar-refractivity contribution is 5.94. The van der Waals surface area contributed by atoms with Crippen LogP contribution in [0.2, 0.25) is 0 Å². The third-order valence-corrected chi connectivity index (χ3v) is 3.32. The summed E-state index contributed by atoms with van der Waals surface area (Å²) in [5, 5.41) is 12.3. The SMILES string of the molecule is CC(=O)c1ccc(N/C=C(\C#N)c2nc3ccccc3o2)cc1. The summed E-state index contributed by atoms with van der Waals surface area (Å²) in [4.78, 5) is 15.5. The van der Waals surface area contributed by atoms with Gasteiger partial charge in [-0.3, -0.25) is 4.79 Å². The topological polar surface area (TPSA) is 78.9 Å². The number of ketones is 1. The molecule has 0 saturated carbocycles. The molecule has 1 heterocycles. The molecule has 112 valence electrons. The molecule has 5 heteroatoms. The van der Waals surface area contributed by atoms with Crippen molar-refractivity contribution in [3.8, 4) is 6.07 Å². The van der Waals surface area contributed by atoms with Gasteiger partial charge in [0.2, 0.25) is 5.89 Å². The molecule has 0 unspecified atom stereocenters. The molecular formula is C18H13N3O2. The number of hydrogen-bond donors (Lipinski definition) is 1. The predicted molar refractivity (Wildman–Crippen MR) is 87.7 cm³/mol. The van der Waals surface area contributed by atoms with E-state index in [1.54, 1.807) is 30.3 Å². The molecule has 0 atom stereocenters. The van der Waals surface area contributed by atoms with E-state index in [2.05, 4.69) is 16.4 Å². The van der Waals surface area contributed by atoms with Crippen molar-refractivity contribution < 1.29 is 9.21 Å². The average molecular weight is 303 g/mol. The Balaban J connectivity index is 1.84. The minimum Gasteiger partial charge on any atom is -0.435 e. The number of Topliss-reactive ketones (excluding diaryl/α,β-unsaturated/α-hetero) is 1. The van der Waals surface area contributed by atoms with Crippen molar-refractivity contribution in [2.75, 3.05) is 5.32 Å². The van der Waals surface area contributed by atoms with E-state index in [4.69, 9.17) is 4.42 Å². The summed E-state index contributed by atoms with van der Waals surface area (Å²) in [6, 6.07) is 16.4. The fourth-order valence-electron chi connectivity index (χ4n) is 2.09. The molecule has 0 aliphatic carbocycles. The first-order valence-electron chi connectivity index (χ1n) is 7.01. The van der Waals surface area contributed by atoms with Gasteiger partial charge in [-0.2, -0.15) is 5.26 Å². The fourth-order valence-corrected chi connectivity index (χ4v) is 2.09. The highest BCUT2D eigenvalue weighted by atomic mass is 16.3. The number of carbonyl (C=O) groups excluding carboxylic acids is 1. The number of nitrogens with zero attached hydrogens (tertiary/aromatic N) is 2. The van der Waals surface area contributed by atoms with Crippen LogP contribution < -0.4 is 5.32 Å². The second kappa shape index (κ2) is 6.16. The lowest BCUT2D eigenvalue weighted by Crippen LogP contribution is -1.94. The van der Waals surface area contributed by atoms with Gasteiger partial charge in [0.1, 0.15) is 17.2 Å². The van der Waals surface area contributed by atoms with Crippen molar-refractivity contribution in [1.29, 1.82) is 5.26 Å². The summed E-state index contributed by atoms with van der Waals surface area (Å²) in [7, 11) is 0. The molecule has 1 N–H and O–H groups in total. The van der Waals surface area contributed by atoms with E-state index in [1.807, 2.05) is 18.2 Å². The number of para-hydroxylation sites is 2. The number of anilines is 1. The Hall–Kier alpha value is -3.39. The van der Waals surface area contributed by atoms with Crippen LogP contribution in [-0.2, 0) is 0 Å². The predicted octanol–water partition coefficient (Wildman–Crippen LogP) is 4.01. The van der Waals surface area contributed by atoms with Gasteiger partial charge in [0.25, 0.3) is 0 Å². The number of benzene rings is 2. The standard InChI is InChI=1S/C18H13N3O2/c1-12(22)13-6-8-15(9-7-13)20-11-14(10-19)18-21-16-4-2-3-5-17(16)23-18/h2-9,11,20H,1H3/b14-11+. The van der Waals surface area contributed by atoms with Crippen molar-refractivity contribution >= 4 is 28.1 Å². The number of fused-ring (bicyclic) bond motifs is 1. The number of carbonyl (C=O) groups is 1. The first kappa shape index (κ1) is 14.5. The van der Waals surface area contributed by atoms with Gasteiger partial charge in [0, 0.05) is 17.5 Å². The molecule has 3 rings (SSSR count). The van der Waals surface area contributed by atoms with Crippen LogP contribution in [0.1, 0.15) is 23.2 Å². The fraction of sp³-hybridized carbons (Fsp3) is 0.0556. The maximum atomic E-state index is 11.2. The Morgan fingerprint density at radius 3 is 2.61 bits per heavy atom. The average Bonchev–Trinajstić information content (AvgIpc) is 2.99. The second-order valence-electron chi connectivity index (χ2n) is 4.93. The number of nitriles is 1. The molecule has 1 aromatic heterocycles. The zero-order chi connectivity index (χ0) is 16.2. The summed E-state index contributed by atoms with van der Waals surface area (Å²) in [6.45, 7) is 1.52. The molecule has 3 aromatic rings. The van der Waals surface area contributed by atoms with E-state index < -0.39 is 0 Å². The normalized spacial score (nSPS) is 11.2. The van der Waals surface area contributed by atoms with Gasteiger partial charge in [-0.25, -0.2) is 4.98 Å². The summed E-state index contributed by atoms with van der Waals surface area (Å²) < 4.78 is 5.57. The Morgan fingerprint density at radius 1 is 1.22 bits per heavy atom. The van der Waals surface area contributed by atoms with E-state index in [-0.39, 0.29) is 17.2 Å². The van der Waals surface area contributed by atoms with Crippen LogP contribution in [0.5, 0.6) is 0 Å². The van der Waals surface area contributed by atoms with Crippen LogP contribution in [0.4, 0.5) is 5.69 Å². The Bertz CT molecular complexity index is 898. The lowest BCUT2D eigenvalue weighted by Gasteiger charge is -2.02. The van der Waals surface area contributed by atoms with Crippen LogP contribution in [0, 0.1) is 11.3 Å². The van der Waals surface area contributed by atoms with E-state index in [0.717, 1.165) is 5.69 Å². The molecule has 0 aliphatic heterocycles. The molecule has 0 radical (unpaired) electrons. The molecule has 0 amide bonds. The number of rotatable bonds is 4. The van der Waals surface area contributed by atoms with Gasteiger partial charge in [-0.1, -0.05) is 12.1 Å². The third kappa shape index (κ3) is 3.11. The number of allylic oxidation sites excluding steroid dienone is 1. The van der Waals surface area contributed by atoms with E-state index >= 15 is 0 Å². The van der Waals surface area contributed by atoms with Crippen molar-refractivity contribution in [1.82, 2.24) is 4.98 Å². The van der Waals surface area contributed by atoms with Crippen molar-refractivity contribution in [2.24, 2.45) is 0 Å². The summed E-state index contributed by atoms with van der Waals surface area (Å²) >= 11 is 0. The van der Waals surface area contributed by atoms with E-state index in [1.165, 1.54) is 13.1 Å². The molecule has 5 nitrogen and oxygen atoms in total. The van der Waals surface area contributed by atoms with Crippen LogP contribution >= 0.6 is 0 Å². The quantitative estimate of drug-likeness (QED) is 0.582. The lowest BCUT2D eigenvalue weighted by atomic mass is 10.1. The molecule has 0 bridgehead atoms. The Labute approximate surface area is 132 Å². The number of hydrogen-bond acceptors (Lipinski definition) is 5. The van der Waals surface area contributed by atoms with Crippen molar-refractivity contribution in [3.05, 3.63) is 66.2 Å². The zero-order valence-corrected chi connectivity index (χ0v) is 12.4. The monoisotopic (exact) mass is 303 g/mol. The molecule has 0 spiro atoms. The molecule has 0 fully saturated rings. The molecule has 0 aliphatic rings. The Morgan fingerprint density at radius 2 is 1.96 bits per heavy atom. The first-order valence-corrected chi connectivity index (χ1v) is 7.01. The third-order valence-electron chi connectivity index (χ3n) is 3.32. The van der Waals surface area contributed by atoms with Crippen LogP contribution in [-0.4, -0.2) is 10.8 Å². The van der Waals surface area contributed by atoms with Crippen molar-refractivity contribution in [2.45, 2.75) is 6.92 Å². The maximum Gasteiger partial charge on any atom is 0.239 e. The summed E-state index contributed by atoms with van der Waals surface area (Å²) in [5.41, 5.74) is 3.03. The van der Waals surface area contributed by atoms with Gasteiger partial charge in [-0.15, -0.1) is 0 Å². The highest BCUT2D eigenvalue weighted by Gasteiger charge is 2.10. The van der Waals surface area contributed by atoms with Crippen LogP contribution in [0.25, 0.3) is 16.7 Å². The van der Waals surface area contributed by atoms with Gasteiger partial charge < -0.3 is 9.73 Å². The summed E-state index contributed by atoms with van der Waals surface area (Å²) in [5.74, 6) is 0.276. The summed E-state index contributed by atoms with van der Waals surface area (Å²) in [6.07, 6.45) is 1.54. The molecule has 0 saturated heterocycles. The second-order valence-corrected chi connectivity index (χ2v) is 4.93. The zero-order valence-electron chi connectivity index (χ0n) is 12.4. The van der Waals surface area contributed by atoms with Crippen LogP contribution in [0.15, 0.2) is 59.1 Å². The van der Waals surface area contributed by atoms with Gasteiger partial charge in [0.05, 0.1) is 0 Å². The number of nitrogens with one attached hydrogen (secondary N) is 1. The highest BCUT2D eigenvalue weighted by Crippen LogP contribution is 2.20. The van der Waals surface area contributed by atoms with Crippen LogP contribution in [0.3, 0.4) is 0 Å². The van der Waals surface area contributed by atoms with Gasteiger partial charge in [0.15, 0.2) is 11.4 Å². The minimum atomic E-state index is 0.0104. The Kier molecular flexibility index (Phi) is 3.89. The largest absolute Gasteiger partial charge is 0.435 e. The molecular weight excluding hydrogens is 290 g/mol. The van der Waals surface area contributed by atoms with Gasteiger partial charge in [-0.05, 0) is 43.3 Å². The van der Waals surface area contributed by atoms with E-state index in [9.17, 15) is 10.1 Å². The lowest BCUT2D eigenvalue weighted by molar-refractivity contribution is 0.101. The minimum absolute atomic E-state index is 0.0104. The van der Waals surface area contributed by atoms with E-state index in [0.29, 0.717) is 16.7 Å². The first-order chi connectivity index (χ1) is 11.2.